The average molecular weight is 178 g/mol. The predicted octanol–water partition coefficient (Wildman–Crippen LogP) is 1.43. The summed E-state index contributed by atoms with van der Waals surface area (Å²) in [6.07, 6.45) is -0.527. The number of hydrogen-bond donors (Lipinski definition) is 0. The number of ether oxygens (including phenoxy) is 2. The van der Waals surface area contributed by atoms with Crippen molar-refractivity contribution in [1.29, 1.82) is 0 Å². The molecule has 68 valence electrons. The minimum atomic E-state index is -0.527. The van der Waals surface area contributed by atoms with Crippen LogP contribution in [-0.4, -0.2) is 13.1 Å². The molecule has 0 saturated carbocycles. The first-order valence-electron chi connectivity index (χ1n) is 4.10. The molecule has 0 spiro atoms. The monoisotopic (exact) mass is 178 g/mol. The molecule has 2 rings (SSSR count). The molecule has 0 aromatic heterocycles. The van der Waals surface area contributed by atoms with E-state index in [1.165, 1.54) is 7.11 Å². The van der Waals surface area contributed by atoms with Crippen molar-refractivity contribution in [2.75, 3.05) is 7.11 Å². The number of benzene rings is 1. The molecule has 1 aliphatic rings. The Morgan fingerprint density at radius 1 is 1.54 bits per heavy atom. The van der Waals surface area contributed by atoms with Gasteiger partial charge in [-0.1, -0.05) is 24.3 Å². The zero-order chi connectivity index (χ0) is 9.26. The molecule has 1 aromatic rings. The van der Waals surface area contributed by atoms with E-state index in [1.54, 1.807) is 0 Å². The van der Waals surface area contributed by atoms with Gasteiger partial charge in [-0.25, -0.2) is 4.79 Å². The van der Waals surface area contributed by atoms with E-state index in [-0.39, 0.29) is 5.97 Å². The minimum Gasteiger partial charge on any atom is -0.467 e. The van der Waals surface area contributed by atoms with E-state index >= 15 is 0 Å². The molecule has 0 aliphatic carbocycles. The van der Waals surface area contributed by atoms with Gasteiger partial charge in [0, 0.05) is 0 Å². The van der Waals surface area contributed by atoms with Gasteiger partial charge in [0.25, 0.3) is 0 Å². The first-order valence-corrected chi connectivity index (χ1v) is 4.10. The molecule has 1 aliphatic heterocycles. The predicted molar refractivity (Wildman–Crippen MR) is 46.0 cm³/mol. The molecule has 3 heteroatoms. The summed E-state index contributed by atoms with van der Waals surface area (Å²) < 4.78 is 9.93. The Kier molecular flexibility index (Phi) is 2.02. The van der Waals surface area contributed by atoms with E-state index in [0.717, 1.165) is 11.1 Å². The molecule has 13 heavy (non-hydrogen) atoms. The van der Waals surface area contributed by atoms with Crippen molar-refractivity contribution < 1.29 is 14.3 Å². The Labute approximate surface area is 76.3 Å². The Morgan fingerprint density at radius 3 is 3.08 bits per heavy atom. The van der Waals surface area contributed by atoms with Crippen LogP contribution in [0.5, 0.6) is 0 Å². The molecule has 1 heterocycles. The van der Waals surface area contributed by atoms with Crippen LogP contribution in [0.15, 0.2) is 24.3 Å². The summed E-state index contributed by atoms with van der Waals surface area (Å²) in [5.74, 6) is -0.329. The summed E-state index contributed by atoms with van der Waals surface area (Å²) in [5.41, 5.74) is 1.99. The van der Waals surface area contributed by atoms with Gasteiger partial charge in [-0.2, -0.15) is 0 Å². The lowest BCUT2D eigenvalue weighted by Gasteiger charge is -2.07. The SMILES string of the molecule is COC(=O)[C@H]1OCc2ccccc21. The summed E-state index contributed by atoms with van der Waals surface area (Å²) in [6, 6.07) is 7.67. The van der Waals surface area contributed by atoms with Crippen LogP contribution in [0.3, 0.4) is 0 Å². The number of methoxy groups -OCH3 is 1. The van der Waals surface area contributed by atoms with E-state index in [4.69, 9.17) is 4.74 Å². The van der Waals surface area contributed by atoms with E-state index < -0.39 is 6.10 Å². The molecular weight excluding hydrogens is 168 g/mol. The summed E-state index contributed by atoms with van der Waals surface area (Å²) in [6.45, 7) is 0.496. The highest BCUT2D eigenvalue weighted by molar-refractivity contribution is 5.77. The standard InChI is InChI=1S/C10H10O3/c1-12-10(11)9-8-5-3-2-4-7(8)6-13-9/h2-5,9H,6H2,1H3/t9-/m0/s1. The highest BCUT2D eigenvalue weighted by Crippen LogP contribution is 2.30. The molecule has 0 unspecified atom stereocenters. The molecule has 0 amide bonds. The van der Waals surface area contributed by atoms with Crippen molar-refractivity contribution in [3.63, 3.8) is 0 Å². The van der Waals surface area contributed by atoms with Crippen molar-refractivity contribution in [3.05, 3.63) is 35.4 Å². The van der Waals surface area contributed by atoms with Crippen LogP contribution in [-0.2, 0) is 20.9 Å². The van der Waals surface area contributed by atoms with Gasteiger partial charge < -0.3 is 9.47 Å². The summed E-state index contributed by atoms with van der Waals surface area (Å²) >= 11 is 0. The molecule has 1 atom stereocenters. The minimum absolute atomic E-state index is 0.329. The van der Waals surface area contributed by atoms with Crippen molar-refractivity contribution in [3.8, 4) is 0 Å². The third-order valence-electron chi connectivity index (χ3n) is 2.16. The van der Waals surface area contributed by atoms with Gasteiger partial charge in [0.05, 0.1) is 13.7 Å². The molecule has 0 bridgehead atoms. The van der Waals surface area contributed by atoms with Gasteiger partial charge in [0.1, 0.15) is 0 Å². The largest absolute Gasteiger partial charge is 0.467 e. The molecule has 3 nitrogen and oxygen atoms in total. The van der Waals surface area contributed by atoms with Gasteiger partial charge in [0.2, 0.25) is 0 Å². The summed E-state index contributed by atoms with van der Waals surface area (Å²) in [7, 11) is 1.37. The number of hydrogen-bond acceptors (Lipinski definition) is 3. The lowest BCUT2D eigenvalue weighted by Crippen LogP contribution is -2.12. The molecule has 0 N–H and O–H groups in total. The molecule has 0 saturated heterocycles. The van der Waals surface area contributed by atoms with Gasteiger partial charge in [-0.15, -0.1) is 0 Å². The third-order valence-corrected chi connectivity index (χ3v) is 2.16. The lowest BCUT2D eigenvalue weighted by molar-refractivity contribution is -0.153. The Morgan fingerprint density at radius 2 is 2.31 bits per heavy atom. The van der Waals surface area contributed by atoms with Gasteiger partial charge in [-0.3, -0.25) is 0 Å². The highest BCUT2D eigenvalue weighted by Gasteiger charge is 2.29. The quantitative estimate of drug-likeness (QED) is 0.610. The van der Waals surface area contributed by atoms with Crippen LogP contribution in [0.4, 0.5) is 0 Å². The number of fused-ring (bicyclic) bond motifs is 1. The van der Waals surface area contributed by atoms with E-state index in [9.17, 15) is 4.79 Å². The van der Waals surface area contributed by atoms with Crippen LogP contribution in [0.25, 0.3) is 0 Å². The van der Waals surface area contributed by atoms with Crippen molar-refractivity contribution in [1.82, 2.24) is 0 Å². The van der Waals surface area contributed by atoms with Crippen molar-refractivity contribution in [2.45, 2.75) is 12.7 Å². The Hall–Kier alpha value is -1.35. The summed E-state index contributed by atoms with van der Waals surface area (Å²) in [5, 5.41) is 0. The Bertz CT molecular complexity index is 333. The van der Waals surface area contributed by atoms with Crippen LogP contribution < -0.4 is 0 Å². The fraction of sp³-hybridized carbons (Fsp3) is 0.300. The molecule has 0 fully saturated rings. The normalized spacial score (nSPS) is 19.6. The maximum absolute atomic E-state index is 11.2. The number of carbonyl (C=O) groups is 1. The zero-order valence-corrected chi connectivity index (χ0v) is 7.32. The van der Waals surface area contributed by atoms with Crippen LogP contribution >= 0.6 is 0 Å². The maximum atomic E-state index is 11.2. The third kappa shape index (κ3) is 1.31. The highest BCUT2D eigenvalue weighted by atomic mass is 16.6. The molecule has 0 radical (unpaired) electrons. The zero-order valence-electron chi connectivity index (χ0n) is 7.32. The molecular formula is C10H10O3. The van der Waals surface area contributed by atoms with Crippen molar-refractivity contribution >= 4 is 5.97 Å². The first-order chi connectivity index (χ1) is 6.33. The number of rotatable bonds is 1. The summed E-state index contributed by atoms with van der Waals surface area (Å²) in [4.78, 5) is 11.2. The second-order valence-corrected chi connectivity index (χ2v) is 2.91. The van der Waals surface area contributed by atoms with E-state index in [2.05, 4.69) is 4.74 Å². The lowest BCUT2D eigenvalue weighted by atomic mass is 10.1. The number of carbonyl (C=O) groups excluding carboxylic acids is 1. The van der Waals surface area contributed by atoms with E-state index in [1.807, 2.05) is 24.3 Å². The van der Waals surface area contributed by atoms with Crippen LogP contribution in [0, 0.1) is 0 Å². The smallest absolute Gasteiger partial charge is 0.339 e. The van der Waals surface area contributed by atoms with Crippen LogP contribution in [0.2, 0.25) is 0 Å². The van der Waals surface area contributed by atoms with Crippen LogP contribution in [0.1, 0.15) is 17.2 Å². The Balaban J connectivity index is 2.33. The number of esters is 1. The topological polar surface area (TPSA) is 35.5 Å². The van der Waals surface area contributed by atoms with Gasteiger partial charge in [0.15, 0.2) is 6.10 Å². The van der Waals surface area contributed by atoms with Crippen molar-refractivity contribution in [2.24, 2.45) is 0 Å². The average Bonchev–Trinajstić information content (AvgIpc) is 2.60. The van der Waals surface area contributed by atoms with E-state index in [0.29, 0.717) is 6.61 Å². The molecule has 1 aromatic carbocycles. The van der Waals surface area contributed by atoms with Gasteiger partial charge >= 0.3 is 5.97 Å². The second-order valence-electron chi connectivity index (χ2n) is 2.91. The maximum Gasteiger partial charge on any atom is 0.339 e. The first kappa shape index (κ1) is 8.26. The van der Waals surface area contributed by atoms with Gasteiger partial charge in [-0.05, 0) is 11.1 Å². The fourth-order valence-electron chi connectivity index (χ4n) is 1.49. The second kappa shape index (κ2) is 3.18. The fourth-order valence-corrected chi connectivity index (χ4v) is 1.49.